The second-order valence-corrected chi connectivity index (χ2v) is 4.73. The summed E-state index contributed by atoms with van der Waals surface area (Å²) in [6.45, 7) is 0.193. The van der Waals surface area contributed by atoms with Crippen molar-refractivity contribution in [2.45, 2.75) is 12.7 Å². The maximum Gasteiger partial charge on any atom is 0.417 e. The van der Waals surface area contributed by atoms with Crippen LogP contribution < -0.4 is 0 Å². The van der Waals surface area contributed by atoms with Gasteiger partial charge in [0.25, 0.3) is 5.91 Å². The van der Waals surface area contributed by atoms with E-state index in [0.717, 1.165) is 11.6 Å². The second-order valence-electron chi connectivity index (χ2n) is 4.73. The number of hydrogen-bond acceptors (Lipinski definition) is 2. The Labute approximate surface area is 119 Å². The second kappa shape index (κ2) is 5.59. The number of benzene rings is 1. The summed E-state index contributed by atoms with van der Waals surface area (Å²) in [5.41, 5.74) is -0.526. The van der Waals surface area contributed by atoms with Crippen molar-refractivity contribution in [3.05, 3.63) is 53.3 Å². The molecule has 0 aliphatic carbocycles. The van der Waals surface area contributed by atoms with Gasteiger partial charge in [0.1, 0.15) is 0 Å². The van der Waals surface area contributed by atoms with Crippen molar-refractivity contribution in [3.63, 3.8) is 0 Å². The molecular weight excluding hydrogens is 283 g/mol. The fourth-order valence-electron chi connectivity index (χ4n) is 2.02. The molecule has 1 amide bonds. The third kappa shape index (κ3) is 3.42. The standard InChI is InChI=1S/C14H14F3N3O/c1-19(8-10-7-18-20(2)9-10)13(21)11-5-3-4-6-12(11)14(15,16)17/h3-7,9H,8H2,1-2H3. The maximum absolute atomic E-state index is 12.9. The third-order valence-corrected chi connectivity index (χ3v) is 2.99. The van der Waals surface area contributed by atoms with Crippen molar-refractivity contribution in [3.8, 4) is 0 Å². The van der Waals surface area contributed by atoms with Gasteiger partial charge in [0.2, 0.25) is 0 Å². The van der Waals surface area contributed by atoms with Gasteiger partial charge in [-0.25, -0.2) is 0 Å². The molecule has 1 aromatic carbocycles. The molecule has 0 unspecified atom stereocenters. The SMILES string of the molecule is CN(Cc1cnn(C)c1)C(=O)c1ccccc1C(F)(F)F. The molecule has 0 bridgehead atoms. The topological polar surface area (TPSA) is 38.1 Å². The van der Waals surface area contributed by atoms with E-state index < -0.39 is 17.6 Å². The zero-order chi connectivity index (χ0) is 15.6. The normalized spacial score (nSPS) is 11.5. The van der Waals surface area contributed by atoms with E-state index in [1.165, 1.54) is 30.1 Å². The number of rotatable bonds is 3. The summed E-state index contributed by atoms with van der Waals surface area (Å²) in [5, 5.41) is 3.96. The van der Waals surface area contributed by atoms with Gasteiger partial charge in [0.15, 0.2) is 0 Å². The molecule has 4 nitrogen and oxygen atoms in total. The van der Waals surface area contributed by atoms with Crippen LogP contribution in [0.15, 0.2) is 36.7 Å². The molecule has 0 aliphatic heterocycles. The molecule has 112 valence electrons. The molecule has 21 heavy (non-hydrogen) atoms. The molecular formula is C14H14F3N3O. The van der Waals surface area contributed by atoms with Gasteiger partial charge < -0.3 is 4.90 Å². The van der Waals surface area contributed by atoms with Crippen molar-refractivity contribution < 1.29 is 18.0 Å². The van der Waals surface area contributed by atoms with Crippen LogP contribution in [0.3, 0.4) is 0 Å². The maximum atomic E-state index is 12.9. The summed E-state index contributed by atoms with van der Waals surface area (Å²) < 4.78 is 40.3. The van der Waals surface area contributed by atoms with Crippen LogP contribution in [0.4, 0.5) is 13.2 Å². The van der Waals surface area contributed by atoms with Crippen LogP contribution >= 0.6 is 0 Å². The first-order valence-corrected chi connectivity index (χ1v) is 6.18. The zero-order valence-corrected chi connectivity index (χ0v) is 11.6. The first kappa shape index (κ1) is 15.1. The molecule has 0 radical (unpaired) electrons. The molecule has 2 rings (SSSR count). The molecule has 0 atom stereocenters. The van der Waals surface area contributed by atoms with E-state index in [1.54, 1.807) is 24.1 Å². The van der Waals surface area contributed by atoms with Gasteiger partial charge in [0, 0.05) is 32.4 Å². The average Bonchev–Trinajstić information content (AvgIpc) is 2.82. The van der Waals surface area contributed by atoms with E-state index in [2.05, 4.69) is 5.10 Å². The monoisotopic (exact) mass is 297 g/mol. The molecule has 1 aromatic heterocycles. The lowest BCUT2D eigenvalue weighted by molar-refractivity contribution is -0.138. The van der Waals surface area contributed by atoms with E-state index in [1.807, 2.05) is 0 Å². The van der Waals surface area contributed by atoms with Crippen molar-refractivity contribution in [1.82, 2.24) is 14.7 Å². The summed E-state index contributed by atoms with van der Waals surface area (Å²) in [4.78, 5) is 13.5. The fraction of sp³-hybridized carbons (Fsp3) is 0.286. The Morgan fingerprint density at radius 1 is 1.33 bits per heavy atom. The highest BCUT2D eigenvalue weighted by Crippen LogP contribution is 2.32. The van der Waals surface area contributed by atoms with Gasteiger partial charge in [-0.05, 0) is 12.1 Å². The highest BCUT2D eigenvalue weighted by atomic mass is 19.4. The molecule has 7 heteroatoms. The van der Waals surface area contributed by atoms with Crippen LogP contribution in [0.2, 0.25) is 0 Å². The first-order valence-electron chi connectivity index (χ1n) is 6.18. The Balaban J connectivity index is 2.24. The average molecular weight is 297 g/mol. The lowest BCUT2D eigenvalue weighted by Crippen LogP contribution is -2.28. The van der Waals surface area contributed by atoms with Crippen molar-refractivity contribution in [2.24, 2.45) is 7.05 Å². The lowest BCUT2D eigenvalue weighted by atomic mass is 10.1. The molecule has 0 aliphatic rings. The fourth-order valence-corrected chi connectivity index (χ4v) is 2.02. The number of aryl methyl sites for hydroxylation is 1. The molecule has 2 aromatic rings. The number of alkyl halides is 3. The largest absolute Gasteiger partial charge is 0.417 e. The third-order valence-electron chi connectivity index (χ3n) is 2.99. The van der Waals surface area contributed by atoms with Crippen molar-refractivity contribution >= 4 is 5.91 Å². The van der Waals surface area contributed by atoms with Gasteiger partial charge in [-0.2, -0.15) is 18.3 Å². The van der Waals surface area contributed by atoms with Crippen LogP contribution in [0, 0.1) is 0 Å². The van der Waals surface area contributed by atoms with Crippen molar-refractivity contribution in [1.29, 1.82) is 0 Å². The predicted octanol–water partition coefficient (Wildman–Crippen LogP) is 2.71. The van der Waals surface area contributed by atoms with Gasteiger partial charge in [0.05, 0.1) is 17.3 Å². The van der Waals surface area contributed by atoms with E-state index in [0.29, 0.717) is 0 Å². The number of carbonyl (C=O) groups excluding carboxylic acids is 1. The minimum Gasteiger partial charge on any atom is -0.337 e. The highest BCUT2D eigenvalue weighted by molar-refractivity contribution is 5.95. The number of nitrogens with zero attached hydrogens (tertiary/aromatic N) is 3. The smallest absolute Gasteiger partial charge is 0.337 e. The van der Waals surface area contributed by atoms with Crippen LogP contribution in [-0.2, 0) is 19.8 Å². The Hall–Kier alpha value is -2.31. The number of amides is 1. The molecule has 0 fully saturated rings. The number of aromatic nitrogens is 2. The summed E-state index contributed by atoms with van der Waals surface area (Å²) in [5.74, 6) is -0.674. The van der Waals surface area contributed by atoms with E-state index in [9.17, 15) is 18.0 Å². The number of halogens is 3. The lowest BCUT2D eigenvalue weighted by Gasteiger charge is -2.19. The van der Waals surface area contributed by atoms with Gasteiger partial charge in [-0.15, -0.1) is 0 Å². The molecule has 0 saturated heterocycles. The Kier molecular flexibility index (Phi) is 4.02. The van der Waals surface area contributed by atoms with Crippen LogP contribution in [-0.4, -0.2) is 27.6 Å². The molecule has 0 saturated carbocycles. The highest BCUT2D eigenvalue weighted by Gasteiger charge is 2.35. The van der Waals surface area contributed by atoms with E-state index in [4.69, 9.17) is 0 Å². The van der Waals surface area contributed by atoms with E-state index in [-0.39, 0.29) is 12.1 Å². The van der Waals surface area contributed by atoms with Crippen LogP contribution in [0.1, 0.15) is 21.5 Å². The van der Waals surface area contributed by atoms with Gasteiger partial charge >= 0.3 is 6.18 Å². The predicted molar refractivity (Wildman–Crippen MR) is 70.4 cm³/mol. The Bertz CT molecular complexity index is 649. The molecule has 0 spiro atoms. The summed E-state index contributed by atoms with van der Waals surface area (Å²) >= 11 is 0. The molecule has 0 N–H and O–H groups in total. The number of hydrogen-bond donors (Lipinski definition) is 0. The molecule has 1 heterocycles. The van der Waals surface area contributed by atoms with Crippen LogP contribution in [0.25, 0.3) is 0 Å². The first-order chi connectivity index (χ1) is 9.79. The van der Waals surface area contributed by atoms with Gasteiger partial charge in [-0.3, -0.25) is 9.48 Å². The summed E-state index contributed by atoms with van der Waals surface area (Å²) in [6, 6.07) is 4.77. The number of carbonyl (C=O) groups is 1. The van der Waals surface area contributed by atoms with Crippen molar-refractivity contribution in [2.75, 3.05) is 7.05 Å². The Morgan fingerprint density at radius 2 is 2.00 bits per heavy atom. The van der Waals surface area contributed by atoms with Crippen LogP contribution in [0.5, 0.6) is 0 Å². The summed E-state index contributed by atoms with van der Waals surface area (Å²) in [7, 11) is 3.19. The van der Waals surface area contributed by atoms with Gasteiger partial charge in [-0.1, -0.05) is 12.1 Å². The Morgan fingerprint density at radius 3 is 2.57 bits per heavy atom. The summed E-state index contributed by atoms with van der Waals surface area (Å²) in [6.07, 6.45) is -1.28. The minimum absolute atomic E-state index is 0.193. The quantitative estimate of drug-likeness (QED) is 0.873. The zero-order valence-electron chi connectivity index (χ0n) is 11.6. The van der Waals surface area contributed by atoms with E-state index >= 15 is 0 Å². The minimum atomic E-state index is -4.55.